The Hall–Kier alpha value is -1.92. The average molecular weight is 399 g/mol. The smallest absolute Gasteiger partial charge is 0.254 e. The van der Waals surface area contributed by atoms with Crippen LogP contribution in [-0.4, -0.2) is 96.4 Å². The van der Waals surface area contributed by atoms with Crippen LogP contribution in [0.15, 0.2) is 18.2 Å². The second-order valence-electron chi connectivity index (χ2n) is 8.82. The molecule has 2 amide bonds. The Kier molecular flexibility index (Phi) is 6.20. The third-order valence-electron chi connectivity index (χ3n) is 7.11. The minimum atomic E-state index is 0.115. The van der Waals surface area contributed by atoms with Gasteiger partial charge in [0.25, 0.3) is 5.91 Å². The summed E-state index contributed by atoms with van der Waals surface area (Å²) in [5.41, 5.74) is 3.02. The molecule has 4 rings (SSSR count). The summed E-state index contributed by atoms with van der Waals surface area (Å²) in [6.07, 6.45) is 4.03. The largest absolute Gasteiger partial charge is 0.339 e. The molecule has 1 aromatic carbocycles. The zero-order valence-electron chi connectivity index (χ0n) is 17.9. The van der Waals surface area contributed by atoms with E-state index < -0.39 is 0 Å². The van der Waals surface area contributed by atoms with E-state index in [4.69, 9.17) is 0 Å². The maximum atomic E-state index is 12.9. The van der Waals surface area contributed by atoms with Crippen LogP contribution < -0.4 is 0 Å². The van der Waals surface area contributed by atoms with Crippen LogP contribution in [0.4, 0.5) is 0 Å². The van der Waals surface area contributed by atoms with Crippen LogP contribution in [0, 0.1) is 13.8 Å². The van der Waals surface area contributed by atoms with Gasteiger partial charge in [0.05, 0.1) is 6.54 Å². The third-order valence-corrected chi connectivity index (χ3v) is 7.11. The Balaban J connectivity index is 1.23. The van der Waals surface area contributed by atoms with Gasteiger partial charge in [0, 0.05) is 64.0 Å². The maximum absolute atomic E-state index is 12.9. The fraction of sp³-hybridized carbons (Fsp3) is 0.652. The van der Waals surface area contributed by atoms with Gasteiger partial charge in [-0.25, -0.2) is 0 Å². The van der Waals surface area contributed by atoms with Gasteiger partial charge in [0.1, 0.15) is 0 Å². The molecule has 6 nitrogen and oxygen atoms in total. The maximum Gasteiger partial charge on any atom is 0.254 e. The van der Waals surface area contributed by atoms with Crippen LogP contribution in [-0.2, 0) is 4.79 Å². The molecule has 3 fully saturated rings. The quantitative estimate of drug-likeness (QED) is 0.775. The van der Waals surface area contributed by atoms with E-state index in [2.05, 4.69) is 9.80 Å². The molecule has 158 valence electrons. The number of nitrogens with zero attached hydrogens (tertiary/aromatic N) is 4. The second kappa shape index (κ2) is 8.84. The summed E-state index contributed by atoms with van der Waals surface area (Å²) in [6, 6.07) is 6.69. The molecule has 2 heterocycles. The number of piperazine rings is 2. The molecular formula is C23H34N4O2. The number of benzene rings is 1. The van der Waals surface area contributed by atoms with E-state index in [1.165, 1.54) is 19.3 Å². The Labute approximate surface area is 174 Å². The number of rotatable bonds is 4. The number of hydrogen-bond donors (Lipinski definition) is 0. The molecule has 3 aliphatic rings. The van der Waals surface area contributed by atoms with E-state index in [1.807, 2.05) is 41.8 Å². The van der Waals surface area contributed by atoms with Gasteiger partial charge in [-0.05, 0) is 43.9 Å². The Morgan fingerprint density at radius 1 is 0.897 bits per heavy atom. The molecule has 0 radical (unpaired) electrons. The molecule has 1 aliphatic carbocycles. The molecule has 0 spiro atoms. The van der Waals surface area contributed by atoms with Crippen molar-refractivity contribution >= 4 is 11.8 Å². The van der Waals surface area contributed by atoms with Gasteiger partial charge in [-0.3, -0.25) is 19.4 Å². The van der Waals surface area contributed by atoms with Crippen LogP contribution in [0.1, 0.15) is 40.7 Å². The first-order valence-corrected chi connectivity index (χ1v) is 11.1. The lowest BCUT2D eigenvalue weighted by Gasteiger charge is -2.43. The molecule has 29 heavy (non-hydrogen) atoms. The van der Waals surface area contributed by atoms with Crippen molar-refractivity contribution in [1.82, 2.24) is 19.6 Å². The predicted octanol–water partition coefficient (Wildman–Crippen LogP) is 1.76. The summed E-state index contributed by atoms with van der Waals surface area (Å²) in [6.45, 7) is 11.2. The van der Waals surface area contributed by atoms with E-state index in [9.17, 15) is 9.59 Å². The predicted molar refractivity (Wildman–Crippen MR) is 114 cm³/mol. The first kappa shape index (κ1) is 20.4. The lowest BCUT2D eigenvalue weighted by molar-refractivity contribution is -0.135. The molecule has 0 aromatic heterocycles. The van der Waals surface area contributed by atoms with Crippen LogP contribution >= 0.6 is 0 Å². The first-order chi connectivity index (χ1) is 14.0. The molecular weight excluding hydrogens is 364 g/mol. The molecule has 0 atom stereocenters. The third kappa shape index (κ3) is 4.48. The van der Waals surface area contributed by atoms with Gasteiger partial charge in [0.15, 0.2) is 0 Å². The fourth-order valence-corrected chi connectivity index (χ4v) is 4.64. The van der Waals surface area contributed by atoms with Crippen molar-refractivity contribution in [1.29, 1.82) is 0 Å². The Morgan fingerprint density at radius 3 is 2.17 bits per heavy atom. The van der Waals surface area contributed by atoms with Gasteiger partial charge in [0.2, 0.25) is 5.91 Å². The number of carbonyl (C=O) groups is 2. The summed E-state index contributed by atoms with van der Waals surface area (Å²) in [5.74, 6) is 0.358. The molecule has 1 saturated carbocycles. The van der Waals surface area contributed by atoms with Crippen molar-refractivity contribution in [3.8, 4) is 0 Å². The summed E-state index contributed by atoms with van der Waals surface area (Å²) in [4.78, 5) is 34.3. The van der Waals surface area contributed by atoms with E-state index in [-0.39, 0.29) is 11.8 Å². The number of amides is 2. The normalized spacial score (nSPS) is 21.9. The van der Waals surface area contributed by atoms with Gasteiger partial charge >= 0.3 is 0 Å². The van der Waals surface area contributed by atoms with Gasteiger partial charge < -0.3 is 9.80 Å². The van der Waals surface area contributed by atoms with Gasteiger partial charge in [-0.2, -0.15) is 0 Å². The molecule has 0 N–H and O–H groups in total. The number of aryl methyl sites for hydroxylation is 1. The zero-order valence-corrected chi connectivity index (χ0v) is 17.9. The van der Waals surface area contributed by atoms with Crippen molar-refractivity contribution in [3.05, 3.63) is 34.9 Å². The van der Waals surface area contributed by atoms with Crippen molar-refractivity contribution in [2.45, 2.75) is 39.2 Å². The summed E-state index contributed by atoms with van der Waals surface area (Å²) in [7, 11) is 0. The Bertz CT molecular complexity index is 745. The van der Waals surface area contributed by atoms with Crippen LogP contribution in [0.3, 0.4) is 0 Å². The molecule has 0 unspecified atom stereocenters. The highest BCUT2D eigenvalue weighted by Crippen LogP contribution is 2.25. The van der Waals surface area contributed by atoms with Crippen molar-refractivity contribution in [3.63, 3.8) is 0 Å². The van der Waals surface area contributed by atoms with E-state index in [0.29, 0.717) is 19.6 Å². The average Bonchev–Trinajstić information content (AvgIpc) is 2.69. The summed E-state index contributed by atoms with van der Waals surface area (Å²) >= 11 is 0. The highest BCUT2D eigenvalue weighted by Gasteiger charge is 2.30. The zero-order chi connectivity index (χ0) is 20.4. The molecule has 1 aromatic rings. The van der Waals surface area contributed by atoms with E-state index in [0.717, 1.165) is 62.0 Å². The van der Waals surface area contributed by atoms with Crippen LogP contribution in [0.25, 0.3) is 0 Å². The van der Waals surface area contributed by atoms with Crippen LogP contribution in [0.5, 0.6) is 0 Å². The lowest BCUT2D eigenvalue weighted by Crippen LogP contribution is -2.56. The minimum absolute atomic E-state index is 0.115. The SMILES string of the molecule is Cc1cccc(C(=O)N2CCN(CC(=O)N3CCN(C4CCC4)CC3)CC2)c1C. The monoisotopic (exact) mass is 398 g/mol. The van der Waals surface area contributed by atoms with E-state index >= 15 is 0 Å². The standard InChI is InChI=1S/C23H34N4O2/c1-18-5-3-8-21(19(18)2)23(29)27-11-9-24(10-12-27)17-22(28)26-15-13-25(14-16-26)20-6-4-7-20/h3,5,8,20H,4,6-7,9-17H2,1-2H3. The molecule has 0 bridgehead atoms. The van der Waals surface area contributed by atoms with Gasteiger partial charge in [-0.15, -0.1) is 0 Å². The van der Waals surface area contributed by atoms with Crippen LogP contribution in [0.2, 0.25) is 0 Å². The lowest BCUT2D eigenvalue weighted by atomic mass is 9.91. The topological polar surface area (TPSA) is 47.1 Å². The molecule has 6 heteroatoms. The van der Waals surface area contributed by atoms with Crippen molar-refractivity contribution in [2.75, 3.05) is 58.9 Å². The van der Waals surface area contributed by atoms with E-state index in [1.54, 1.807) is 0 Å². The van der Waals surface area contributed by atoms with Gasteiger partial charge in [-0.1, -0.05) is 18.6 Å². The summed E-state index contributed by atoms with van der Waals surface area (Å²) in [5, 5.41) is 0. The minimum Gasteiger partial charge on any atom is -0.339 e. The number of carbonyl (C=O) groups excluding carboxylic acids is 2. The Morgan fingerprint density at radius 2 is 1.55 bits per heavy atom. The van der Waals surface area contributed by atoms with Crippen molar-refractivity contribution in [2.24, 2.45) is 0 Å². The fourth-order valence-electron chi connectivity index (χ4n) is 4.64. The second-order valence-corrected chi connectivity index (χ2v) is 8.82. The molecule has 2 saturated heterocycles. The van der Waals surface area contributed by atoms with Crippen molar-refractivity contribution < 1.29 is 9.59 Å². The highest BCUT2D eigenvalue weighted by atomic mass is 16.2. The highest BCUT2D eigenvalue weighted by molar-refractivity contribution is 5.96. The summed E-state index contributed by atoms with van der Waals surface area (Å²) < 4.78 is 0. The first-order valence-electron chi connectivity index (χ1n) is 11.1. The number of hydrogen-bond acceptors (Lipinski definition) is 4. The molecule has 2 aliphatic heterocycles.